The number of carbonyl (C=O) groups is 2. The Bertz CT molecular complexity index is 1050. The molecular weight excluding hydrogens is 385 g/mol. The highest BCUT2D eigenvalue weighted by Gasteiger charge is 2.25. The van der Waals surface area contributed by atoms with Crippen LogP contribution in [0.3, 0.4) is 0 Å². The van der Waals surface area contributed by atoms with Crippen molar-refractivity contribution in [2.24, 2.45) is 7.05 Å². The summed E-state index contributed by atoms with van der Waals surface area (Å²) >= 11 is 0. The number of hydrogen-bond acceptors (Lipinski definition) is 3. The van der Waals surface area contributed by atoms with E-state index in [0.717, 1.165) is 35.7 Å². The smallest absolute Gasteiger partial charge is 0.228 e. The van der Waals surface area contributed by atoms with E-state index in [1.165, 1.54) is 12.1 Å². The Kier molecular flexibility index (Phi) is 5.65. The molecule has 0 spiro atoms. The fourth-order valence-corrected chi connectivity index (χ4v) is 3.63. The minimum Gasteiger partial charge on any atom is -0.352 e. The summed E-state index contributed by atoms with van der Waals surface area (Å²) in [6.45, 7) is 1.69. The van der Waals surface area contributed by atoms with Crippen LogP contribution in [0.4, 0.5) is 10.2 Å². The molecule has 3 aromatic rings. The summed E-state index contributed by atoms with van der Waals surface area (Å²) in [4.78, 5) is 26.7. The molecule has 0 saturated carbocycles. The second kappa shape index (κ2) is 8.52. The highest BCUT2D eigenvalue weighted by atomic mass is 19.1. The van der Waals surface area contributed by atoms with Gasteiger partial charge in [-0.25, -0.2) is 9.07 Å². The normalized spacial score (nSPS) is 13.2. The minimum atomic E-state index is -0.313. The summed E-state index contributed by atoms with van der Waals surface area (Å²) in [5.41, 5.74) is 2.63. The predicted molar refractivity (Wildman–Crippen MR) is 111 cm³/mol. The van der Waals surface area contributed by atoms with E-state index in [1.807, 2.05) is 40.7 Å². The number of aryl methyl sites for hydroxylation is 2. The third-order valence-corrected chi connectivity index (χ3v) is 5.26. The van der Waals surface area contributed by atoms with Crippen molar-refractivity contribution in [3.8, 4) is 11.4 Å². The van der Waals surface area contributed by atoms with E-state index in [4.69, 9.17) is 0 Å². The van der Waals surface area contributed by atoms with Crippen molar-refractivity contribution in [1.29, 1.82) is 0 Å². The van der Waals surface area contributed by atoms with Crippen LogP contribution in [0.15, 0.2) is 48.7 Å². The number of fused-ring (bicyclic) bond motifs is 1. The van der Waals surface area contributed by atoms with Crippen molar-refractivity contribution < 1.29 is 14.0 Å². The molecule has 0 fully saturated rings. The molecule has 2 amide bonds. The highest BCUT2D eigenvalue weighted by molar-refractivity contribution is 5.95. The highest BCUT2D eigenvalue weighted by Crippen LogP contribution is 2.28. The zero-order valence-corrected chi connectivity index (χ0v) is 16.8. The van der Waals surface area contributed by atoms with Crippen molar-refractivity contribution in [3.05, 3.63) is 60.0 Å². The predicted octanol–water partition coefficient (Wildman–Crippen LogP) is 2.86. The van der Waals surface area contributed by atoms with Crippen LogP contribution in [0.25, 0.3) is 11.4 Å². The molecule has 156 valence electrons. The van der Waals surface area contributed by atoms with Gasteiger partial charge in [0, 0.05) is 51.8 Å². The maximum absolute atomic E-state index is 12.9. The Morgan fingerprint density at radius 3 is 2.67 bits per heavy atom. The van der Waals surface area contributed by atoms with Gasteiger partial charge in [-0.2, -0.15) is 5.10 Å². The number of rotatable bonds is 6. The topological polar surface area (TPSA) is 72.2 Å². The van der Waals surface area contributed by atoms with Gasteiger partial charge < -0.3 is 9.88 Å². The fraction of sp³-hybridized carbons (Fsp3) is 0.318. The lowest BCUT2D eigenvalue weighted by molar-refractivity contribution is -0.125. The van der Waals surface area contributed by atoms with E-state index >= 15 is 0 Å². The Morgan fingerprint density at radius 2 is 1.93 bits per heavy atom. The summed E-state index contributed by atoms with van der Waals surface area (Å²) in [5, 5.41) is 7.42. The van der Waals surface area contributed by atoms with Crippen molar-refractivity contribution in [2.45, 2.75) is 32.4 Å². The van der Waals surface area contributed by atoms with Crippen LogP contribution in [0, 0.1) is 5.82 Å². The molecule has 1 aromatic carbocycles. The third-order valence-electron chi connectivity index (χ3n) is 5.26. The number of halogens is 1. The number of nitrogens with zero attached hydrogens (tertiary/aromatic N) is 4. The quantitative estimate of drug-likeness (QED) is 0.681. The number of benzene rings is 1. The van der Waals surface area contributed by atoms with Gasteiger partial charge in [0.15, 0.2) is 0 Å². The number of amides is 2. The summed E-state index contributed by atoms with van der Waals surface area (Å²) in [6.07, 6.45) is 3.01. The van der Waals surface area contributed by atoms with E-state index in [1.54, 1.807) is 17.0 Å². The second-order valence-electron chi connectivity index (χ2n) is 7.42. The minimum absolute atomic E-state index is 0.0915. The first kappa shape index (κ1) is 19.9. The molecule has 2 aromatic heterocycles. The molecule has 1 aliphatic heterocycles. The summed E-state index contributed by atoms with van der Waals surface area (Å²) < 4.78 is 16.8. The molecule has 30 heavy (non-hydrogen) atoms. The number of carbonyl (C=O) groups excluding carboxylic acids is 2. The first-order valence-electron chi connectivity index (χ1n) is 10.0. The molecule has 0 atom stereocenters. The Labute approximate surface area is 174 Å². The van der Waals surface area contributed by atoms with Gasteiger partial charge in [-0.1, -0.05) is 12.1 Å². The molecular formula is C22H24FN5O2. The average molecular weight is 409 g/mol. The maximum Gasteiger partial charge on any atom is 0.228 e. The van der Waals surface area contributed by atoms with E-state index < -0.39 is 0 Å². The monoisotopic (exact) mass is 409 g/mol. The number of hydrogen-bond donors (Lipinski definition) is 1. The van der Waals surface area contributed by atoms with Gasteiger partial charge in [-0.15, -0.1) is 0 Å². The van der Waals surface area contributed by atoms with Crippen LogP contribution >= 0.6 is 0 Å². The van der Waals surface area contributed by atoms with Crippen LogP contribution in [-0.2, 0) is 29.7 Å². The zero-order valence-electron chi connectivity index (χ0n) is 16.8. The van der Waals surface area contributed by atoms with Gasteiger partial charge in [-0.3, -0.25) is 14.5 Å². The molecule has 0 aliphatic carbocycles. The molecule has 0 unspecified atom stereocenters. The third kappa shape index (κ3) is 4.27. The van der Waals surface area contributed by atoms with Gasteiger partial charge in [0.05, 0.1) is 5.69 Å². The molecule has 0 radical (unpaired) electrons. The van der Waals surface area contributed by atoms with E-state index in [9.17, 15) is 14.0 Å². The van der Waals surface area contributed by atoms with Gasteiger partial charge in [-0.05, 0) is 36.2 Å². The number of anilines is 1. The van der Waals surface area contributed by atoms with Crippen molar-refractivity contribution in [1.82, 2.24) is 19.7 Å². The van der Waals surface area contributed by atoms with Gasteiger partial charge in [0.1, 0.15) is 17.3 Å². The first-order chi connectivity index (χ1) is 14.5. The largest absolute Gasteiger partial charge is 0.352 e. The van der Waals surface area contributed by atoms with Gasteiger partial charge >= 0.3 is 0 Å². The summed E-state index contributed by atoms with van der Waals surface area (Å²) in [5.74, 6) is 0.162. The summed E-state index contributed by atoms with van der Waals surface area (Å²) in [7, 11) is 1.96. The van der Waals surface area contributed by atoms with Crippen LogP contribution in [0.1, 0.15) is 24.8 Å². The number of aromatic nitrogens is 3. The average Bonchev–Trinajstić information content (AvgIpc) is 3.37. The Morgan fingerprint density at radius 1 is 1.13 bits per heavy atom. The molecule has 1 N–H and O–H groups in total. The SMILES string of the molecule is Cn1cccc1-c1cc2n(n1)CCCN2C(=O)CCC(=O)NCc1ccc(F)cc1. The second-order valence-corrected chi connectivity index (χ2v) is 7.42. The Balaban J connectivity index is 1.35. The van der Waals surface area contributed by atoms with E-state index in [2.05, 4.69) is 10.4 Å². The molecule has 3 heterocycles. The molecule has 7 nitrogen and oxygen atoms in total. The molecule has 1 aliphatic rings. The van der Waals surface area contributed by atoms with Crippen LogP contribution < -0.4 is 10.2 Å². The van der Waals surface area contributed by atoms with Crippen molar-refractivity contribution in [3.63, 3.8) is 0 Å². The fourth-order valence-electron chi connectivity index (χ4n) is 3.63. The van der Waals surface area contributed by atoms with Crippen LogP contribution in [0.2, 0.25) is 0 Å². The lowest BCUT2D eigenvalue weighted by Gasteiger charge is -2.27. The van der Waals surface area contributed by atoms with Crippen LogP contribution in [0.5, 0.6) is 0 Å². The summed E-state index contributed by atoms with van der Waals surface area (Å²) in [6, 6.07) is 11.8. The van der Waals surface area contributed by atoms with Crippen molar-refractivity contribution >= 4 is 17.6 Å². The lowest BCUT2D eigenvalue weighted by atomic mass is 10.2. The van der Waals surface area contributed by atoms with Gasteiger partial charge in [0.25, 0.3) is 0 Å². The zero-order chi connectivity index (χ0) is 21.1. The number of nitrogens with one attached hydrogen (secondary N) is 1. The maximum atomic E-state index is 12.9. The van der Waals surface area contributed by atoms with Gasteiger partial charge in [0.2, 0.25) is 11.8 Å². The molecule has 0 bridgehead atoms. The van der Waals surface area contributed by atoms with E-state index in [0.29, 0.717) is 13.1 Å². The molecule has 4 rings (SSSR count). The first-order valence-corrected chi connectivity index (χ1v) is 10.0. The van der Waals surface area contributed by atoms with E-state index in [-0.39, 0.29) is 30.5 Å². The lowest BCUT2D eigenvalue weighted by Crippen LogP contribution is -2.38. The van der Waals surface area contributed by atoms with Crippen LogP contribution in [-0.4, -0.2) is 32.7 Å². The molecule has 8 heteroatoms. The standard InChI is InChI=1S/C22H24FN5O2/c1-26-11-2-4-19(26)18-14-21-27(12-3-13-28(21)25-18)22(30)10-9-20(29)24-15-16-5-7-17(23)8-6-16/h2,4-8,11,14H,3,9-10,12-13,15H2,1H3,(H,24,29). The molecule has 0 saturated heterocycles. The van der Waals surface area contributed by atoms with Crippen molar-refractivity contribution in [2.75, 3.05) is 11.4 Å². The Hall–Kier alpha value is -3.42.